The van der Waals surface area contributed by atoms with Gasteiger partial charge in [0.25, 0.3) is 11.8 Å². The van der Waals surface area contributed by atoms with Crippen LogP contribution in [-0.4, -0.2) is 114 Å². The second-order valence-corrected chi connectivity index (χ2v) is 28.5. The van der Waals surface area contributed by atoms with Crippen molar-refractivity contribution in [3.8, 4) is 23.5 Å². The van der Waals surface area contributed by atoms with Gasteiger partial charge >= 0.3 is 12.0 Å². The van der Waals surface area contributed by atoms with Gasteiger partial charge in [-0.15, -0.1) is 0 Å². The van der Waals surface area contributed by atoms with Gasteiger partial charge in [0.2, 0.25) is 23.8 Å². The molecule has 0 saturated carbocycles. The Morgan fingerprint density at radius 1 is 0.382 bits per heavy atom. The standard InChI is InChI=1S/C88H76N14O8/c1-45-25-29-55(30-26-45)109-87-97-83(95-85(99-87)93-65-43-63(49(5)41-51(65)7)91-61-33-35-67-73-69(57-21-11-13-23-59(57)79(105)71(61)73)75(81(107)101(67)9)77(103)53-19-15-17-47(3)39-53)89-37-38-90-84-96-86(100-88(98-84)110-56-31-27-46(2)28-32-56)94-66-44-64(50(6)42-52(66)8)92-62-34-36-68-74-70(58-22-12-14-24-60(58)80(106)72(62)74)76(82(108)102(68)10)78(104)54-20-16-18-48(4)40-54/h11-36,39-44,67-68,73-74,91-92H,37-38H2,1-10H3,(H2,89,93,95,97,99)(H2,90,94,96,98,100). The van der Waals surface area contributed by atoms with E-state index in [0.717, 1.165) is 44.5 Å². The molecule has 22 heteroatoms. The maximum absolute atomic E-state index is 15.0. The number of carbonyl (C=O) groups is 6. The molecule has 0 bridgehead atoms. The third kappa shape index (κ3) is 13.2. The topological polar surface area (TPSA) is 277 Å². The molecule has 2 aliphatic heterocycles. The van der Waals surface area contributed by atoms with E-state index < -0.39 is 47.3 Å². The number of Topliss-reactive ketones (excluding diaryl/α,β-unsaturated/α-hetero) is 4. The number of ether oxygens (including phenoxy) is 2. The maximum atomic E-state index is 15.0. The number of rotatable bonds is 21. The van der Waals surface area contributed by atoms with Crippen LogP contribution in [0.3, 0.4) is 0 Å². The fourth-order valence-electron chi connectivity index (χ4n) is 15.4. The summed E-state index contributed by atoms with van der Waals surface area (Å²) in [4.78, 5) is 120. The van der Waals surface area contributed by atoms with Crippen molar-refractivity contribution in [2.75, 3.05) is 59.1 Å². The number of hydrogen-bond acceptors (Lipinski definition) is 20. The van der Waals surface area contributed by atoms with E-state index in [-0.39, 0.29) is 71.6 Å². The monoisotopic (exact) mass is 1460 g/mol. The quantitative estimate of drug-likeness (QED) is 0.0222. The first-order valence-corrected chi connectivity index (χ1v) is 36.3. The number of nitrogens with zero attached hydrogens (tertiary/aromatic N) is 8. The number of allylic oxidation sites excluding steroid dienone is 2. The highest BCUT2D eigenvalue weighted by atomic mass is 16.5. The van der Waals surface area contributed by atoms with E-state index in [1.165, 1.54) is 0 Å². The number of aryl methyl sites for hydroxylation is 8. The number of hydrogen-bond donors (Lipinski definition) is 6. The molecular formula is C88H76N14O8. The second-order valence-electron chi connectivity index (χ2n) is 28.5. The molecule has 4 atom stereocenters. The van der Waals surface area contributed by atoms with Crippen LogP contribution in [0.25, 0.3) is 11.1 Å². The van der Waals surface area contributed by atoms with Crippen molar-refractivity contribution in [2.24, 2.45) is 11.8 Å². The Kier molecular flexibility index (Phi) is 18.3. The number of nitrogens with one attached hydrogen (secondary N) is 6. The van der Waals surface area contributed by atoms with Crippen molar-refractivity contribution in [3.63, 3.8) is 0 Å². The van der Waals surface area contributed by atoms with Gasteiger partial charge in [0.15, 0.2) is 23.1 Å². The van der Waals surface area contributed by atoms with E-state index in [2.05, 4.69) is 31.9 Å². The van der Waals surface area contributed by atoms with Gasteiger partial charge in [-0.25, -0.2) is 0 Å². The molecule has 16 rings (SSSR count). The van der Waals surface area contributed by atoms with Gasteiger partial charge in [-0.1, -0.05) is 156 Å². The van der Waals surface area contributed by atoms with Crippen molar-refractivity contribution in [1.29, 1.82) is 0 Å². The van der Waals surface area contributed by atoms with Crippen LogP contribution < -0.4 is 41.4 Å². The normalized spacial score (nSPS) is 17.3. The van der Waals surface area contributed by atoms with Gasteiger partial charge < -0.3 is 51.2 Å². The van der Waals surface area contributed by atoms with Crippen molar-refractivity contribution < 1.29 is 38.2 Å². The van der Waals surface area contributed by atoms with Crippen molar-refractivity contribution in [2.45, 2.75) is 67.5 Å². The first-order valence-electron chi connectivity index (χ1n) is 36.3. The molecule has 0 fully saturated rings. The number of amides is 2. The number of benzene rings is 8. The molecule has 0 spiro atoms. The molecule has 2 amide bonds. The third-order valence-electron chi connectivity index (χ3n) is 20.9. The fraction of sp³-hybridized carbons (Fsp3) is 0.182. The summed E-state index contributed by atoms with van der Waals surface area (Å²) < 4.78 is 12.6. The zero-order valence-electron chi connectivity index (χ0n) is 62.0. The molecule has 22 nitrogen and oxygen atoms in total. The van der Waals surface area contributed by atoms with Crippen LogP contribution in [0.4, 0.5) is 46.5 Å². The van der Waals surface area contributed by atoms with Crippen LogP contribution in [-0.2, 0) is 9.59 Å². The lowest BCUT2D eigenvalue weighted by atomic mass is 9.65. The highest BCUT2D eigenvalue weighted by Gasteiger charge is 2.52. The van der Waals surface area contributed by atoms with E-state index in [1.807, 2.05) is 189 Å². The highest BCUT2D eigenvalue weighted by molar-refractivity contribution is 6.34. The molecule has 2 aromatic heterocycles. The van der Waals surface area contributed by atoms with Gasteiger partial charge in [-0.3, -0.25) is 28.8 Å². The van der Waals surface area contributed by atoms with E-state index in [9.17, 15) is 19.2 Å². The largest absolute Gasteiger partial charge is 0.424 e. The number of aromatic nitrogens is 6. The Morgan fingerprint density at radius 2 is 0.745 bits per heavy atom. The number of likely N-dealkylation sites (N-methyl/N-ethyl adjacent to an activating group) is 2. The average Bonchev–Trinajstić information content (AvgIpc) is 0.711. The number of ketones is 4. The predicted molar refractivity (Wildman–Crippen MR) is 424 cm³/mol. The van der Waals surface area contributed by atoms with Crippen LogP contribution >= 0.6 is 0 Å². The fourth-order valence-corrected chi connectivity index (χ4v) is 15.4. The van der Waals surface area contributed by atoms with Crippen LogP contribution in [0.5, 0.6) is 23.5 Å². The Labute approximate surface area is 635 Å². The Hall–Kier alpha value is -13.8. The first kappa shape index (κ1) is 70.5. The molecule has 8 aromatic carbocycles. The van der Waals surface area contributed by atoms with Crippen LogP contribution in [0.2, 0.25) is 0 Å². The van der Waals surface area contributed by atoms with E-state index in [4.69, 9.17) is 39.4 Å². The van der Waals surface area contributed by atoms with Gasteiger partial charge in [-0.05, 0) is 161 Å². The van der Waals surface area contributed by atoms with Crippen molar-refractivity contribution in [3.05, 3.63) is 306 Å². The van der Waals surface area contributed by atoms with E-state index in [0.29, 0.717) is 101 Å². The SMILES string of the molecule is Cc1ccc(Oc2nc(NCCNc3nc(Nc4cc(NC5=C6C(=O)c7ccccc7C7=C(C(=O)c8cccc(C)c8)C(=O)N(C)C(C=C5)C67)c(C)cc4C)nc(Oc4ccc(C)cc4)n3)nc(Nc3cc(NC4=C5C(=O)c6ccccc6C6=C(C(=O)c7cccc(C)c7)C(=O)N(C)C(C=C4)C56)c(C)cc3C)n2)cc1. The molecule has 4 aliphatic carbocycles. The second kappa shape index (κ2) is 28.5. The molecular weight excluding hydrogens is 1380 g/mol. The molecule has 546 valence electrons. The van der Waals surface area contributed by atoms with E-state index in [1.54, 1.807) is 84.6 Å². The summed E-state index contributed by atoms with van der Waals surface area (Å²) in [6, 6.07) is 50.6. The molecule has 110 heavy (non-hydrogen) atoms. The smallest absolute Gasteiger partial charge is 0.328 e. The summed E-state index contributed by atoms with van der Waals surface area (Å²) in [6.07, 6.45) is 7.53. The van der Waals surface area contributed by atoms with Crippen LogP contribution in [0.1, 0.15) is 97.1 Å². The minimum atomic E-state index is -0.654. The van der Waals surface area contributed by atoms with Crippen LogP contribution in [0, 0.1) is 67.2 Å². The lowest BCUT2D eigenvalue weighted by Gasteiger charge is -2.45. The Bertz CT molecular complexity index is 5460. The summed E-state index contributed by atoms with van der Waals surface area (Å²) >= 11 is 0. The van der Waals surface area contributed by atoms with Crippen molar-refractivity contribution >= 4 is 92.6 Å². The minimum Gasteiger partial charge on any atom is -0.424 e. The number of fused-ring (bicyclic) bond motifs is 4. The molecule has 4 heterocycles. The lowest BCUT2D eigenvalue weighted by Crippen LogP contribution is -2.51. The first-order chi connectivity index (χ1) is 53.1. The average molecular weight is 1460 g/mol. The van der Waals surface area contributed by atoms with Crippen molar-refractivity contribution in [1.82, 2.24) is 39.7 Å². The lowest BCUT2D eigenvalue weighted by molar-refractivity contribution is -0.128. The predicted octanol–water partition coefficient (Wildman–Crippen LogP) is 15.6. The maximum Gasteiger partial charge on any atom is 0.328 e. The summed E-state index contributed by atoms with van der Waals surface area (Å²) in [7, 11) is 3.36. The molecule has 0 saturated heterocycles. The third-order valence-corrected chi connectivity index (χ3v) is 20.9. The molecule has 6 aliphatic rings. The summed E-state index contributed by atoms with van der Waals surface area (Å²) in [5.41, 5.74) is 15.7. The minimum absolute atomic E-state index is 0.00193. The van der Waals surface area contributed by atoms with E-state index >= 15 is 9.59 Å². The summed E-state index contributed by atoms with van der Waals surface area (Å²) in [6.45, 7) is 16.1. The van der Waals surface area contributed by atoms with Gasteiger partial charge in [-0.2, -0.15) is 29.9 Å². The molecule has 4 unspecified atom stereocenters. The van der Waals surface area contributed by atoms with Crippen LogP contribution in [0.15, 0.2) is 228 Å². The zero-order chi connectivity index (χ0) is 76.5. The number of anilines is 8. The molecule has 0 radical (unpaired) electrons. The Balaban J connectivity index is 0.673. The number of carbonyl (C=O) groups excluding carboxylic acids is 6. The highest BCUT2D eigenvalue weighted by Crippen LogP contribution is 2.53. The Morgan fingerprint density at radius 3 is 1.13 bits per heavy atom. The molecule has 6 N–H and O–H groups in total. The summed E-state index contributed by atoms with van der Waals surface area (Å²) in [5.74, 6) is -1.69. The molecule has 10 aromatic rings. The van der Waals surface area contributed by atoms with Gasteiger partial charge in [0, 0.05) is 107 Å². The van der Waals surface area contributed by atoms with Gasteiger partial charge in [0.1, 0.15) is 11.5 Å². The summed E-state index contributed by atoms with van der Waals surface area (Å²) in [5, 5.41) is 20.7. The zero-order valence-corrected chi connectivity index (χ0v) is 62.0. The van der Waals surface area contributed by atoms with Gasteiger partial charge in [0.05, 0.1) is 23.2 Å².